The van der Waals surface area contributed by atoms with Crippen molar-refractivity contribution in [3.8, 4) is 0 Å². The van der Waals surface area contributed by atoms with Gasteiger partial charge >= 0.3 is 0 Å². The number of likely N-dealkylation sites (tertiary alicyclic amines) is 1. The molecule has 3 fully saturated rings. The maximum absolute atomic E-state index is 14.3. The third-order valence-corrected chi connectivity index (χ3v) is 12.5. The Morgan fingerprint density at radius 3 is 2.13 bits per heavy atom. The van der Waals surface area contributed by atoms with Gasteiger partial charge < -0.3 is 64.6 Å². The number of guanidine groups is 1. The fourth-order valence-electron chi connectivity index (χ4n) is 8.40. The molecule has 0 unspecified atom stereocenters. The average Bonchev–Trinajstić information content (AvgIpc) is 3.99. The SMILES string of the molecule is CC(C)C[C@@H]1NC(=O)[C@@H](NC(=O)[C@H](CCCN=C(N)N)NC(=O)[C@H](CCCCN)NC(=O)[C@H](C)NC(=O)[C@@H]2CCCN2C(=O)CC2CC2)CCCCNC(=O)CNC(=O)[C@H](Cc2ccccc2)NC1=O. The molecule has 2 aliphatic heterocycles. The van der Waals surface area contributed by atoms with Gasteiger partial charge in [-0.25, -0.2) is 0 Å². The lowest BCUT2D eigenvalue weighted by molar-refractivity contribution is -0.140. The van der Waals surface area contributed by atoms with Crippen LogP contribution in [-0.2, 0) is 49.6 Å². The Morgan fingerprint density at radius 2 is 1.44 bits per heavy atom. The van der Waals surface area contributed by atoms with Crippen LogP contribution in [0.15, 0.2) is 35.3 Å². The maximum Gasteiger partial charge on any atom is 0.243 e. The molecule has 70 heavy (non-hydrogen) atoms. The summed E-state index contributed by atoms with van der Waals surface area (Å²) in [4.78, 5) is 128. The molecule has 22 nitrogen and oxygen atoms in total. The van der Waals surface area contributed by atoms with Gasteiger partial charge in [0.2, 0.25) is 53.2 Å². The van der Waals surface area contributed by atoms with Crippen LogP contribution in [-0.4, -0.2) is 139 Å². The number of carbonyl (C=O) groups is 9. The minimum Gasteiger partial charge on any atom is -0.370 e. The maximum atomic E-state index is 14.3. The van der Waals surface area contributed by atoms with Gasteiger partial charge in [-0.15, -0.1) is 0 Å². The second-order valence-corrected chi connectivity index (χ2v) is 19.0. The van der Waals surface area contributed by atoms with Gasteiger partial charge in [-0.05, 0) is 114 Å². The number of hydrogen-bond acceptors (Lipinski definition) is 11. The van der Waals surface area contributed by atoms with Crippen molar-refractivity contribution in [1.29, 1.82) is 0 Å². The van der Waals surface area contributed by atoms with Gasteiger partial charge in [0, 0.05) is 32.5 Å². The van der Waals surface area contributed by atoms with E-state index in [1.54, 1.807) is 29.2 Å². The molecular weight excluding hydrogens is 903 g/mol. The number of benzene rings is 1. The van der Waals surface area contributed by atoms with Gasteiger partial charge in [-0.3, -0.25) is 48.1 Å². The van der Waals surface area contributed by atoms with Crippen molar-refractivity contribution in [2.45, 2.75) is 159 Å². The van der Waals surface area contributed by atoms with Gasteiger partial charge in [0.05, 0.1) is 6.54 Å². The molecule has 0 spiro atoms. The van der Waals surface area contributed by atoms with Gasteiger partial charge in [0.1, 0.15) is 42.3 Å². The second-order valence-electron chi connectivity index (χ2n) is 19.0. The van der Waals surface area contributed by atoms with Crippen molar-refractivity contribution in [2.24, 2.45) is 34.0 Å². The Kier molecular flexibility index (Phi) is 23.3. The number of nitrogens with two attached hydrogens (primary N) is 3. The largest absolute Gasteiger partial charge is 0.370 e. The number of amides is 9. The Labute approximate surface area is 410 Å². The molecule has 1 aliphatic carbocycles. The van der Waals surface area contributed by atoms with Crippen LogP contribution in [0.5, 0.6) is 0 Å². The standard InChI is InChI=1S/C48H77N13O9/c1-29(2)25-36-46(69)60-37(26-31-13-5-4-6-14-31)42(65)54-28-39(62)52-22-10-8-16-34(45(68)59-36)57-44(67)35(17-11-23-53-48(50)51)58-43(66)33(15-7-9-21-49)56-41(64)30(3)55-47(70)38-18-12-24-61(38)40(63)27-32-19-20-32/h4-6,13-14,29-30,32-38H,7-12,15-28,49H2,1-3H3,(H,52,62)(H,54,65)(H,55,70)(H,56,64)(H,57,67)(H,58,66)(H,59,68)(H,60,69)(H4,50,51,53)/t30-,33-,34-,35-,36-,37-,38-/m0/s1. The van der Waals surface area contributed by atoms with Crippen molar-refractivity contribution in [1.82, 2.24) is 47.4 Å². The minimum atomic E-state index is -1.27. The van der Waals surface area contributed by atoms with Crippen LogP contribution >= 0.6 is 0 Å². The Balaban J connectivity index is 1.53. The first-order chi connectivity index (χ1) is 33.4. The number of rotatable bonds is 22. The number of aliphatic imine (C=N–C) groups is 1. The smallest absolute Gasteiger partial charge is 0.243 e. The van der Waals surface area contributed by atoms with Gasteiger partial charge in [-0.2, -0.15) is 0 Å². The molecular formula is C48H77N13O9. The van der Waals surface area contributed by atoms with Crippen LogP contribution in [0.4, 0.5) is 0 Å². The summed E-state index contributed by atoms with van der Waals surface area (Å²) in [5.74, 6) is -4.91. The van der Waals surface area contributed by atoms with E-state index in [-0.39, 0.29) is 75.9 Å². The molecule has 22 heteroatoms. The summed E-state index contributed by atoms with van der Waals surface area (Å²) in [6.45, 7) is 5.99. The molecule has 3 aliphatic rings. The van der Waals surface area contributed by atoms with Crippen LogP contribution in [0, 0.1) is 11.8 Å². The van der Waals surface area contributed by atoms with Gasteiger partial charge in [0.25, 0.3) is 0 Å². The normalized spacial score (nSPS) is 21.7. The van der Waals surface area contributed by atoms with Crippen molar-refractivity contribution in [3.05, 3.63) is 35.9 Å². The lowest BCUT2D eigenvalue weighted by atomic mass is 10.00. The van der Waals surface area contributed by atoms with E-state index in [4.69, 9.17) is 17.2 Å². The Hall–Kier alpha value is -6.32. The van der Waals surface area contributed by atoms with Gasteiger partial charge in [0.15, 0.2) is 5.96 Å². The highest BCUT2D eigenvalue weighted by molar-refractivity contribution is 5.98. The van der Waals surface area contributed by atoms with Crippen LogP contribution in [0.1, 0.15) is 116 Å². The monoisotopic (exact) mass is 980 g/mol. The molecule has 388 valence electrons. The lowest BCUT2D eigenvalue weighted by Gasteiger charge is -2.28. The van der Waals surface area contributed by atoms with Gasteiger partial charge in [-0.1, -0.05) is 44.2 Å². The van der Waals surface area contributed by atoms with E-state index in [1.165, 1.54) is 6.92 Å². The first-order valence-electron chi connectivity index (χ1n) is 24.9. The quantitative estimate of drug-likeness (QED) is 0.0363. The van der Waals surface area contributed by atoms with Crippen molar-refractivity contribution >= 4 is 59.1 Å². The summed E-state index contributed by atoms with van der Waals surface area (Å²) in [7, 11) is 0. The van der Waals surface area contributed by atoms with E-state index in [0.717, 1.165) is 18.4 Å². The average molecular weight is 980 g/mol. The number of nitrogens with zero attached hydrogens (tertiary/aromatic N) is 2. The van der Waals surface area contributed by atoms with Crippen LogP contribution in [0.25, 0.3) is 0 Å². The molecule has 0 bridgehead atoms. The summed E-state index contributed by atoms with van der Waals surface area (Å²) in [5, 5.41) is 21.9. The molecule has 1 saturated carbocycles. The van der Waals surface area contributed by atoms with E-state index < -0.39 is 89.6 Å². The van der Waals surface area contributed by atoms with E-state index in [9.17, 15) is 43.2 Å². The molecule has 0 radical (unpaired) electrons. The summed E-state index contributed by atoms with van der Waals surface area (Å²) >= 11 is 0. The van der Waals surface area contributed by atoms with E-state index in [2.05, 4.69) is 47.5 Å². The summed E-state index contributed by atoms with van der Waals surface area (Å²) in [6.07, 6.45) is 5.96. The Bertz CT molecular complexity index is 1980. The van der Waals surface area contributed by atoms with Crippen LogP contribution < -0.4 is 59.7 Å². The molecule has 9 amide bonds. The first kappa shape index (κ1) is 56.3. The highest BCUT2D eigenvalue weighted by Crippen LogP contribution is 2.34. The van der Waals surface area contributed by atoms with Crippen molar-refractivity contribution in [2.75, 3.05) is 32.7 Å². The highest BCUT2D eigenvalue weighted by atomic mass is 16.2. The predicted molar refractivity (Wildman–Crippen MR) is 262 cm³/mol. The topological polar surface area (TPSA) is 344 Å². The molecule has 2 heterocycles. The fourth-order valence-corrected chi connectivity index (χ4v) is 8.40. The third kappa shape index (κ3) is 19.6. The zero-order chi connectivity index (χ0) is 51.2. The molecule has 7 atom stereocenters. The number of hydrogen-bond donors (Lipinski definition) is 11. The lowest BCUT2D eigenvalue weighted by Crippen LogP contribution is -2.60. The third-order valence-electron chi connectivity index (χ3n) is 12.5. The molecule has 1 aromatic carbocycles. The van der Waals surface area contributed by atoms with Crippen molar-refractivity contribution < 1.29 is 43.2 Å². The highest BCUT2D eigenvalue weighted by Gasteiger charge is 2.38. The van der Waals surface area contributed by atoms with E-state index in [1.807, 2.05) is 19.9 Å². The molecule has 2 saturated heterocycles. The predicted octanol–water partition coefficient (Wildman–Crippen LogP) is -1.41. The minimum absolute atomic E-state index is 0.00521. The Morgan fingerprint density at radius 1 is 0.757 bits per heavy atom. The van der Waals surface area contributed by atoms with E-state index in [0.29, 0.717) is 64.0 Å². The molecule has 14 N–H and O–H groups in total. The van der Waals surface area contributed by atoms with Crippen LogP contribution in [0.2, 0.25) is 0 Å². The fraction of sp³-hybridized carbons (Fsp3) is 0.667. The number of nitrogens with one attached hydrogen (secondary N) is 8. The zero-order valence-corrected chi connectivity index (χ0v) is 41.0. The molecule has 1 aromatic rings. The number of unbranched alkanes of at least 4 members (excludes halogenated alkanes) is 1. The summed E-state index contributed by atoms with van der Waals surface area (Å²) in [6, 6.07) is 1.35. The van der Waals surface area contributed by atoms with Crippen LogP contribution in [0.3, 0.4) is 0 Å². The summed E-state index contributed by atoms with van der Waals surface area (Å²) < 4.78 is 0. The molecule has 4 rings (SSSR count). The first-order valence-corrected chi connectivity index (χ1v) is 24.9. The second kappa shape index (κ2) is 29.0. The van der Waals surface area contributed by atoms with E-state index >= 15 is 0 Å². The zero-order valence-electron chi connectivity index (χ0n) is 41.0. The van der Waals surface area contributed by atoms with Crippen molar-refractivity contribution in [3.63, 3.8) is 0 Å². The summed E-state index contributed by atoms with van der Waals surface area (Å²) in [5.41, 5.74) is 17.6. The molecule has 0 aromatic heterocycles. The number of carbonyl (C=O) groups excluding carboxylic acids is 9.